The molecule has 1 amide bonds. The first-order valence-electron chi connectivity index (χ1n) is 7.82. The number of aromatic nitrogens is 2. The van der Waals surface area contributed by atoms with Gasteiger partial charge in [0.1, 0.15) is 0 Å². The zero-order valence-corrected chi connectivity index (χ0v) is 13.6. The van der Waals surface area contributed by atoms with Gasteiger partial charge in [-0.05, 0) is 55.3 Å². The first-order chi connectivity index (χ1) is 11.2. The second kappa shape index (κ2) is 5.98. The SMILES string of the molecule is Cc1nnc(Sc2ccc(C(=O)N[C@@H]3C[C@H]4CC[C@@H]3N4)cc2)o1. The van der Waals surface area contributed by atoms with Gasteiger partial charge in [0.25, 0.3) is 11.1 Å². The Balaban J connectivity index is 1.38. The van der Waals surface area contributed by atoms with Crippen molar-refractivity contribution in [1.29, 1.82) is 0 Å². The van der Waals surface area contributed by atoms with E-state index in [1.807, 2.05) is 24.3 Å². The Hall–Kier alpha value is -1.86. The van der Waals surface area contributed by atoms with Crippen molar-refractivity contribution in [3.8, 4) is 0 Å². The lowest BCUT2D eigenvalue weighted by atomic mass is 9.95. The molecule has 23 heavy (non-hydrogen) atoms. The monoisotopic (exact) mass is 330 g/mol. The molecule has 2 fully saturated rings. The summed E-state index contributed by atoms with van der Waals surface area (Å²) in [5.74, 6) is 0.539. The van der Waals surface area contributed by atoms with Gasteiger partial charge >= 0.3 is 0 Å². The largest absolute Gasteiger partial charge is 0.416 e. The van der Waals surface area contributed by atoms with E-state index in [2.05, 4.69) is 20.8 Å². The summed E-state index contributed by atoms with van der Waals surface area (Å²) in [5, 5.41) is 14.9. The highest BCUT2D eigenvalue weighted by Crippen LogP contribution is 2.29. The Bertz CT molecular complexity index is 715. The van der Waals surface area contributed by atoms with Crippen LogP contribution in [0.5, 0.6) is 0 Å². The topological polar surface area (TPSA) is 80.0 Å². The molecular weight excluding hydrogens is 312 g/mol. The summed E-state index contributed by atoms with van der Waals surface area (Å²) in [6.45, 7) is 1.76. The Morgan fingerprint density at radius 3 is 2.74 bits per heavy atom. The number of amides is 1. The highest BCUT2D eigenvalue weighted by molar-refractivity contribution is 7.99. The lowest BCUT2D eigenvalue weighted by Gasteiger charge is -2.21. The molecule has 3 heterocycles. The first-order valence-corrected chi connectivity index (χ1v) is 8.64. The molecule has 120 valence electrons. The highest BCUT2D eigenvalue weighted by atomic mass is 32.2. The van der Waals surface area contributed by atoms with Crippen LogP contribution in [0.2, 0.25) is 0 Å². The molecule has 2 N–H and O–H groups in total. The van der Waals surface area contributed by atoms with Gasteiger partial charge < -0.3 is 15.1 Å². The summed E-state index contributed by atoms with van der Waals surface area (Å²) in [7, 11) is 0. The molecule has 7 heteroatoms. The molecule has 1 aromatic heterocycles. The highest BCUT2D eigenvalue weighted by Gasteiger charge is 2.39. The molecule has 0 radical (unpaired) electrons. The van der Waals surface area contributed by atoms with Crippen molar-refractivity contribution >= 4 is 17.7 Å². The van der Waals surface area contributed by atoms with E-state index < -0.39 is 0 Å². The molecule has 0 spiro atoms. The Kier molecular flexibility index (Phi) is 3.82. The van der Waals surface area contributed by atoms with Crippen LogP contribution >= 0.6 is 11.8 Å². The Labute approximate surface area is 138 Å². The third kappa shape index (κ3) is 3.11. The maximum atomic E-state index is 12.4. The zero-order valence-electron chi connectivity index (χ0n) is 12.8. The van der Waals surface area contributed by atoms with Crippen LogP contribution in [0.15, 0.2) is 38.8 Å². The first kappa shape index (κ1) is 14.7. The molecule has 2 bridgehead atoms. The molecule has 0 saturated carbocycles. The van der Waals surface area contributed by atoms with Gasteiger partial charge in [0.05, 0.1) is 0 Å². The standard InChI is InChI=1S/C16H18N4O2S/c1-9-19-20-16(22-9)23-12-5-2-10(3-6-12)15(21)18-14-8-11-4-7-13(14)17-11/h2-3,5-6,11,13-14,17H,4,7-8H2,1H3,(H,18,21)/t11-,13+,14-/m1/s1. The lowest BCUT2D eigenvalue weighted by molar-refractivity contribution is 0.0931. The molecule has 2 aliphatic rings. The van der Waals surface area contributed by atoms with E-state index in [9.17, 15) is 4.79 Å². The van der Waals surface area contributed by atoms with Crippen LogP contribution in [0.4, 0.5) is 0 Å². The fourth-order valence-corrected chi connectivity index (χ4v) is 4.05. The summed E-state index contributed by atoms with van der Waals surface area (Å²) in [5.41, 5.74) is 0.679. The molecule has 0 unspecified atom stereocenters. The van der Waals surface area contributed by atoms with E-state index in [1.54, 1.807) is 6.92 Å². The zero-order chi connectivity index (χ0) is 15.8. The number of carbonyl (C=O) groups is 1. The number of hydrogen-bond donors (Lipinski definition) is 2. The smallest absolute Gasteiger partial charge is 0.281 e. The molecule has 2 saturated heterocycles. The predicted octanol–water partition coefficient (Wildman–Crippen LogP) is 2.15. The molecule has 2 aromatic rings. The lowest BCUT2D eigenvalue weighted by Crippen LogP contribution is -2.42. The van der Waals surface area contributed by atoms with Crippen molar-refractivity contribution in [3.63, 3.8) is 0 Å². The Morgan fingerprint density at radius 1 is 1.30 bits per heavy atom. The predicted molar refractivity (Wildman–Crippen MR) is 85.4 cm³/mol. The minimum Gasteiger partial charge on any atom is -0.416 e. The minimum absolute atomic E-state index is 0.00506. The molecule has 6 nitrogen and oxygen atoms in total. The van der Waals surface area contributed by atoms with Gasteiger partial charge in [-0.3, -0.25) is 4.79 Å². The number of carbonyl (C=O) groups excluding carboxylic acids is 1. The summed E-state index contributed by atoms with van der Waals surface area (Å²) >= 11 is 1.39. The van der Waals surface area contributed by atoms with Crippen molar-refractivity contribution in [2.45, 2.75) is 54.4 Å². The van der Waals surface area contributed by atoms with Gasteiger partial charge in [-0.25, -0.2) is 0 Å². The van der Waals surface area contributed by atoms with Crippen molar-refractivity contribution in [2.24, 2.45) is 0 Å². The van der Waals surface area contributed by atoms with Crippen molar-refractivity contribution in [3.05, 3.63) is 35.7 Å². The second-order valence-electron chi connectivity index (χ2n) is 6.08. The van der Waals surface area contributed by atoms with Gasteiger partial charge in [0, 0.05) is 35.5 Å². The van der Waals surface area contributed by atoms with E-state index in [0.717, 1.165) is 17.7 Å². The normalized spacial score (nSPS) is 25.7. The van der Waals surface area contributed by atoms with Crippen LogP contribution in [0.25, 0.3) is 0 Å². The molecule has 0 aliphatic carbocycles. The third-order valence-corrected chi connectivity index (χ3v) is 5.29. The van der Waals surface area contributed by atoms with E-state index >= 15 is 0 Å². The van der Waals surface area contributed by atoms with Crippen molar-refractivity contribution in [2.75, 3.05) is 0 Å². The second-order valence-corrected chi connectivity index (χ2v) is 7.10. The number of hydrogen-bond acceptors (Lipinski definition) is 6. The summed E-state index contributed by atoms with van der Waals surface area (Å²) in [4.78, 5) is 13.3. The van der Waals surface area contributed by atoms with Crippen LogP contribution in [0.3, 0.4) is 0 Å². The van der Waals surface area contributed by atoms with E-state index in [0.29, 0.717) is 28.8 Å². The number of benzene rings is 1. The molecule has 2 aliphatic heterocycles. The molecule has 4 rings (SSSR count). The number of fused-ring (bicyclic) bond motifs is 2. The van der Waals surface area contributed by atoms with E-state index in [-0.39, 0.29) is 11.9 Å². The van der Waals surface area contributed by atoms with Gasteiger partial charge in [-0.15, -0.1) is 10.2 Å². The minimum atomic E-state index is -0.00506. The third-order valence-electron chi connectivity index (χ3n) is 4.45. The maximum Gasteiger partial charge on any atom is 0.281 e. The van der Waals surface area contributed by atoms with E-state index in [4.69, 9.17) is 4.42 Å². The van der Waals surface area contributed by atoms with Crippen molar-refractivity contribution < 1.29 is 9.21 Å². The molecular formula is C16H18N4O2S. The maximum absolute atomic E-state index is 12.4. The quantitative estimate of drug-likeness (QED) is 0.894. The van der Waals surface area contributed by atoms with Crippen LogP contribution in [-0.4, -0.2) is 34.2 Å². The summed E-state index contributed by atoms with van der Waals surface area (Å²) in [6.07, 6.45) is 3.44. The summed E-state index contributed by atoms with van der Waals surface area (Å²) < 4.78 is 5.34. The average molecular weight is 330 g/mol. The number of rotatable bonds is 4. The van der Waals surface area contributed by atoms with Gasteiger partial charge in [-0.2, -0.15) is 0 Å². The molecule has 1 aromatic carbocycles. The number of aryl methyl sites for hydroxylation is 1. The number of nitrogens with zero attached hydrogens (tertiary/aromatic N) is 2. The fraction of sp³-hybridized carbons (Fsp3) is 0.438. The van der Waals surface area contributed by atoms with Gasteiger partial charge in [0.15, 0.2) is 0 Å². The van der Waals surface area contributed by atoms with Gasteiger partial charge in [-0.1, -0.05) is 0 Å². The number of nitrogens with one attached hydrogen (secondary N) is 2. The Morgan fingerprint density at radius 2 is 2.13 bits per heavy atom. The molecule has 3 atom stereocenters. The fourth-order valence-electron chi connectivity index (χ4n) is 3.33. The van der Waals surface area contributed by atoms with Crippen molar-refractivity contribution in [1.82, 2.24) is 20.8 Å². The van der Waals surface area contributed by atoms with Crippen LogP contribution in [0, 0.1) is 6.92 Å². The van der Waals surface area contributed by atoms with Crippen LogP contribution in [0.1, 0.15) is 35.5 Å². The summed E-state index contributed by atoms with van der Waals surface area (Å²) in [6, 6.07) is 8.76. The average Bonchev–Trinajstić information content (AvgIpc) is 3.25. The van der Waals surface area contributed by atoms with Crippen LogP contribution < -0.4 is 10.6 Å². The van der Waals surface area contributed by atoms with E-state index in [1.165, 1.54) is 18.2 Å². The van der Waals surface area contributed by atoms with Crippen LogP contribution in [-0.2, 0) is 0 Å². The van der Waals surface area contributed by atoms with Gasteiger partial charge in [0.2, 0.25) is 5.89 Å².